The Balaban J connectivity index is 2.10. The van der Waals surface area contributed by atoms with Crippen molar-refractivity contribution in [2.45, 2.75) is 25.9 Å². The lowest BCUT2D eigenvalue weighted by atomic mass is 9.94. The van der Waals surface area contributed by atoms with Crippen LogP contribution >= 0.6 is 31.9 Å². The average Bonchev–Trinajstić information content (AvgIpc) is 2.38. The topological polar surface area (TPSA) is 12.0 Å². The van der Waals surface area contributed by atoms with Gasteiger partial charge in [-0.2, -0.15) is 0 Å². The molecule has 0 bridgehead atoms. The molecule has 4 heteroatoms. The van der Waals surface area contributed by atoms with Crippen molar-refractivity contribution in [1.29, 1.82) is 0 Å². The lowest BCUT2D eigenvalue weighted by molar-refractivity contribution is 0.396. The molecule has 106 valence electrons. The summed E-state index contributed by atoms with van der Waals surface area (Å²) in [5, 5.41) is 3.40. The van der Waals surface area contributed by atoms with Gasteiger partial charge in [0.25, 0.3) is 0 Å². The molecule has 20 heavy (non-hydrogen) atoms. The van der Waals surface area contributed by atoms with Gasteiger partial charge in [0.05, 0.1) is 0 Å². The monoisotopic (exact) mass is 399 g/mol. The van der Waals surface area contributed by atoms with Gasteiger partial charge in [0, 0.05) is 26.6 Å². The van der Waals surface area contributed by atoms with E-state index >= 15 is 0 Å². The molecule has 0 saturated carbocycles. The first kappa shape index (κ1) is 15.7. The van der Waals surface area contributed by atoms with E-state index < -0.39 is 0 Å². The quantitative estimate of drug-likeness (QED) is 0.726. The minimum Gasteiger partial charge on any atom is -0.304 e. The minimum atomic E-state index is -0.222. The van der Waals surface area contributed by atoms with E-state index in [-0.39, 0.29) is 11.4 Å². The SMILES string of the molecule is CC(C)(NCc1ccc(Br)cc1F)c1ccc(Br)cc1. The Kier molecular flexibility index (Phi) is 4.99. The summed E-state index contributed by atoms with van der Waals surface area (Å²) in [5.41, 5.74) is 1.61. The van der Waals surface area contributed by atoms with Crippen molar-refractivity contribution >= 4 is 31.9 Å². The maximum atomic E-state index is 13.8. The first-order valence-electron chi connectivity index (χ1n) is 6.33. The molecule has 2 aromatic carbocycles. The first-order chi connectivity index (χ1) is 9.38. The number of rotatable bonds is 4. The largest absolute Gasteiger partial charge is 0.304 e. The van der Waals surface area contributed by atoms with E-state index in [1.807, 2.05) is 18.2 Å². The van der Waals surface area contributed by atoms with Gasteiger partial charge in [0.1, 0.15) is 5.82 Å². The van der Waals surface area contributed by atoms with Crippen molar-refractivity contribution in [2.24, 2.45) is 0 Å². The van der Waals surface area contributed by atoms with Crippen LogP contribution in [0.1, 0.15) is 25.0 Å². The van der Waals surface area contributed by atoms with Crippen LogP contribution in [0.2, 0.25) is 0 Å². The first-order valence-corrected chi connectivity index (χ1v) is 7.92. The Morgan fingerprint density at radius 1 is 1.00 bits per heavy atom. The second-order valence-electron chi connectivity index (χ2n) is 5.22. The fourth-order valence-corrected chi connectivity index (χ4v) is 2.55. The molecule has 1 nitrogen and oxygen atoms in total. The fourth-order valence-electron chi connectivity index (χ4n) is 1.95. The minimum absolute atomic E-state index is 0.196. The highest BCUT2D eigenvalue weighted by atomic mass is 79.9. The summed E-state index contributed by atoms with van der Waals surface area (Å²) in [6.45, 7) is 4.67. The maximum absolute atomic E-state index is 13.8. The third-order valence-electron chi connectivity index (χ3n) is 3.30. The zero-order chi connectivity index (χ0) is 14.8. The average molecular weight is 401 g/mol. The Morgan fingerprint density at radius 2 is 1.60 bits per heavy atom. The molecule has 1 N–H and O–H groups in total. The van der Waals surface area contributed by atoms with E-state index in [0.29, 0.717) is 12.1 Å². The molecule has 0 spiro atoms. The predicted octanol–water partition coefficient (Wildman–Crippen LogP) is 5.38. The molecule has 0 aliphatic rings. The van der Waals surface area contributed by atoms with E-state index in [0.717, 1.165) is 8.95 Å². The normalized spacial score (nSPS) is 11.7. The summed E-state index contributed by atoms with van der Waals surface area (Å²) in [4.78, 5) is 0. The smallest absolute Gasteiger partial charge is 0.128 e. The second kappa shape index (κ2) is 6.37. The number of hydrogen-bond acceptors (Lipinski definition) is 1. The van der Waals surface area contributed by atoms with Crippen molar-refractivity contribution in [3.63, 3.8) is 0 Å². The van der Waals surface area contributed by atoms with E-state index in [9.17, 15) is 4.39 Å². The maximum Gasteiger partial charge on any atom is 0.128 e. The summed E-state index contributed by atoms with van der Waals surface area (Å²) in [5.74, 6) is -0.196. The van der Waals surface area contributed by atoms with Gasteiger partial charge < -0.3 is 5.32 Å². The van der Waals surface area contributed by atoms with Gasteiger partial charge in [-0.1, -0.05) is 50.1 Å². The number of hydrogen-bond donors (Lipinski definition) is 1. The summed E-state index contributed by atoms with van der Waals surface area (Å²) in [7, 11) is 0. The Labute approximate surface area is 135 Å². The van der Waals surface area contributed by atoms with Crippen LogP contribution in [0, 0.1) is 5.82 Å². The van der Waals surface area contributed by atoms with Gasteiger partial charge >= 0.3 is 0 Å². The van der Waals surface area contributed by atoms with Gasteiger partial charge in [-0.3, -0.25) is 0 Å². The number of benzene rings is 2. The molecule has 0 amide bonds. The molecule has 0 unspecified atom stereocenters. The van der Waals surface area contributed by atoms with Crippen LogP contribution in [-0.4, -0.2) is 0 Å². The Bertz CT molecular complexity index is 594. The molecule has 0 aromatic heterocycles. The molecule has 2 aromatic rings. The summed E-state index contributed by atoms with van der Waals surface area (Å²) >= 11 is 6.70. The summed E-state index contributed by atoms with van der Waals surface area (Å²) in [6, 6.07) is 13.3. The summed E-state index contributed by atoms with van der Waals surface area (Å²) < 4.78 is 15.6. The van der Waals surface area contributed by atoms with Crippen molar-refractivity contribution in [3.05, 3.63) is 68.4 Å². The van der Waals surface area contributed by atoms with Gasteiger partial charge in [0.15, 0.2) is 0 Å². The zero-order valence-corrected chi connectivity index (χ0v) is 14.6. The van der Waals surface area contributed by atoms with Crippen LogP contribution < -0.4 is 5.32 Å². The van der Waals surface area contributed by atoms with E-state index in [1.165, 1.54) is 11.6 Å². The van der Waals surface area contributed by atoms with Crippen molar-refractivity contribution in [3.8, 4) is 0 Å². The standard InChI is InChI=1S/C16H16Br2FN/c1-16(2,12-4-7-13(17)8-5-12)20-10-11-3-6-14(18)9-15(11)19/h3-9,20H,10H2,1-2H3. The highest BCUT2D eigenvalue weighted by Gasteiger charge is 2.20. The van der Waals surface area contributed by atoms with E-state index in [1.54, 1.807) is 6.07 Å². The number of nitrogens with one attached hydrogen (secondary N) is 1. The van der Waals surface area contributed by atoms with Crippen LogP contribution in [0.25, 0.3) is 0 Å². The van der Waals surface area contributed by atoms with Crippen LogP contribution in [-0.2, 0) is 12.1 Å². The molecule has 2 rings (SSSR count). The van der Waals surface area contributed by atoms with Crippen LogP contribution in [0.5, 0.6) is 0 Å². The third-order valence-corrected chi connectivity index (χ3v) is 4.32. The van der Waals surface area contributed by atoms with Gasteiger partial charge in [-0.25, -0.2) is 4.39 Å². The zero-order valence-electron chi connectivity index (χ0n) is 11.4. The molecular formula is C16H16Br2FN. The van der Waals surface area contributed by atoms with E-state index in [2.05, 4.69) is 63.2 Å². The van der Waals surface area contributed by atoms with Gasteiger partial charge in [-0.15, -0.1) is 0 Å². The molecule has 0 aliphatic carbocycles. The lowest BCUT2D eigenvalue weighted by Gasteiger charge is -2.27. The highest BCUT2D eigenvalue weighted by molar-refractivity contribution is 9.10. The van der Waals surface area contributed by atoms with Crippen LogP contribution in [0.4, 0.5) is 4.39 Å². The molecular weight excluding hydrogens is 385 g/mol. The van der Waals surface area contributed by atoms with Crippen LogP contribution in [0.3, 0.4) is 0 Å². The van der Waals surface area contributed by atoms with Gasteiger partial charge in [0.2, 0.25) is 0 Å². The van der Waals surface area contributed by atoms with Crippen molar-refractivity contribution < 1.29 is 4.39 Å². The van der Waals surface area contributed by atoms with Crippen molar-refractivity contribution in [2.75, 3.05) is 0 Å². The van der Waals surface area contributed by atoms with Crippen molar-refractivity contribution in [1.82, 2.24) is 5.32 Å². The second-order valence-corrected chi connectivity index (χ2v) is 7.05. The molecule has 0 saturated heterocycles. The fraction of sp³-hybridized carbons (Fsp3) is 0.250. The molecule has 0 aliphatic heterocycles. The molecule has 0 atom stereocenters. The number of halogens is 3. The molecule has 0 heterocycles. The summed E-state index contributed by atoms with van der Waals surface area (Å²) in [6.07, 6.45) is 0. The third kappa shape index (κ3) is 3.90. The Morgan fingerprint density at radius 3 is 2.20 bits per heavy atom. The Hall–Kier alpha value is -0.710. The predicted molar refractivity (Wildman–Crippen MR) is 88.1 cm³/mol. The van der Waals surface area contributed by atoms with E-state index in [4.69, 9.17) is 0 Å². The van der Waals surface area contributed by atoms with Crippen LogP contribution in [0.15, 0.2) is 51.4 Å². The van der Waals surface area contributed by atoms with Gasteiger partial charge in [-0.05, 0) is 43.7 Å². The highest BCUT2D eigenvalue weighted by Crippen LogP contribution is 2.23. The molecule has 0 fully saturated rings. The molecule has 0 radical (unpaired) electrons. The lowest BCUT2D eigenvalue weighted by Crippen LogP contribution is -2.36.